The summed E-state index contributed by atoms with van der Waals surface area (Å²) in [5.74, 6) is 0.224. The Labute approximate surface area is 122 Å². The molecule has 1 unspecified atom stereocenters. The van der Waals surface area contributed by atoms with Crippen LogP contribution in [0.4, 0.5) is 5.69 Å². The number of hydrogen-bond donors (Lipinski definition) is 2. The number of nitrogens with one attached hydrogen (secondary N) is 1. The van der Waals surface area contributed by atoms with Crippen molar-refractivity contribution in [1.82, 2.24) is 15.3 Å². The third-order valence-electron chi connectivity index (χ3n) is 3.62. The SMILES string of the molecule is CC(CNC(=O)c1sc2nccnc2c1N)C(C)(C)C. The zero-order valence-electron chi connectivity index (χ0n) is 12.2. The molecule has 0 radical (unpaired) electrons. The number of rotatable bonds is 3. The first kappa shape index (κ1) is 14.7. The van der Waals surface area contributed by atoms with Crippen molar-refractivity contribution in [2.45, 2.75) is 27.7 Å². The van der Waals surface area contributed by atoms with Gasteiger partial charge in [-0.05, 0) is 11.3 Å². The van der Waals surface area contributed by atoms with Gasteiger partial charge in [0.25, 0.3) is 5.91 Å². The molecule has 2 heterocycles. The Kier molecular flexibility index (Phi) is 3.94. The van der Waals surface area contributed by atoms with Gasteiger partial charge in [0.2, 0.25) is 0 Å². The minimum absolute atomic E-state index is 0.150. The number of fused-ring (bicyclic) bond motifs is 1. The molecule has 0 aromatic carbocycles. The van der Waals surface area contributed by atoms with Gasteiger partial charge in [-0.25, -0.2) is 9.97 Å². The van der Waals surface area contributed by atoms with Crippen molar-refractivity contribution < 1.29 is 4.79 Å². The summed E-state index contributed by atoms with van der Waals surface area (Å²) in [5, 5.41) is 2.94. The molecule has 0 aliphatic rings. The first-order valence-corrected chi connectivity index (χ1v) is 7.39. The van der Waals surface area contributed by atoms with Crippen LogP contribution in [0.1, 0.15) is 37.4 Å². The summed E-state index contributed by atoms with van der Waals surface area (Å²) in [6.45, 7) is 9.22. The van der Waals surface area contributed by atoms with Crippen LogP contribution in [-0.4, -0.2) is 22.4 Å². The number of aromatic nitrogens is 2. The first-order chi connectivity index (χ1) is 9.30. The van der Waals surface area contributed by atoms with Gasteiger partial charge in [0.15, 0.2) is 0 Å². The molecule has 2 rings (SSSR count). The molecule has 0 fully saturated rings. The predicted octanol–water partition coefficient (Wildman–Crippen LogP) is 2.69. The minimum Gasteiger partial charge on any atom is -0.396 e. The average molecular weight is 292 g/mol. The second-order valence-corrected chi connectivity index (χ2v) is 7.03. The number of hydrogen-bond acceptors (Lipinski definition) is 5. The molecule has 0 bridgehead atoms. The van der Waals surface area contributed by atoms with Gasteiger partial charge < -0.3 is 11.1 Å². The number of carbonyl (C=O) groups is 1. The van der Waals surface area contributed by atoms with Crippen LogP contribution in [0.5, 0.6) is 0 Å². The molecule has 108 valence electrons. The Morgan fingerprint density at radius 1 is 1.40 bits per heavy atom. The lowest BCUT2D eigenvalue weighted by Crippen LogP contribution is -2.33. The van der Waals surface area contributed by atoms with Crippen LogP contribution in [0.2, 0.25) is 0 Å². The van der Waals surface area contributed by atoms with E-state index >= 15 is 0 Å². The van der Waals surface area contributed by atoms with E-state index in [1.54, 1.807) is 12.4 Å². The average Bonchev–Trinajstić information content (AvgIpc) is 2.72. The summed E-state index contributed by atoms with van der Waals surface area (Å²) in [6.07, 6.45) is 3.18. The van der Waals surface area contributed by atoms with Crippen LogP contribution in [0, 0.1) is 11.3 Å². The van der Waals surface area contributed by atoms with Gasteiger partial charge in [0.05, 0.1) is 5.69 Å². The van der Waals surface area contributed by atoms with Gasteiger partial charge in [-0.3, -0.25) is 4.79 Å². The monoisotopic (exact) mass is 292 g/mol. The Hall–Kier alpha value is -1.69. The number of anilines is 1. The third kappa shape index (κ3) is 2.90. The number of amides is 1. The maximum Gasteiger partial charge on any atom is 0.263 e. The van der Waals surface area contributed by atoms with Crippen molar-refractivity contribution in [2.75, 3.05) is 12.3 Å². The molecule has 0 saturated heterocycles. The molecule has 2 aromatic heterocycles. The summed E-state index contributed by atoms with van der Waals surface area (Å²) in [7, 11) is 0. The Bertz CT molecular complexity index is 630. The first-order valence-electron chi connectivity index (χ1n) is 6.58. The van der Waals surface area contributed by atoms with Crippen LogP contribution >= 0.6 is 11.3 Å². The molecule has 0 aliphatic heterocycles. The van der Waals surface area contributed by atoms with Crippen molar-refractivity contribution in [1.29, 1.82) is 0 Å². The lowest BCUT2D eigenvalue weighted by Gasteiger charge is -2.27. The van der Waals surface area contributed by atoms with E-state index in [0.717, 1.165) is 0 Å². The second-order valence-electron chi connectivity index (χ2n) is 6.03. The fourth-order valence-electron chi connectivity index (χ4n) is 1.64. The van der Waals surface area contributed by atoms with Crippen LogP contribution in [-0.2, 0) is 0 Å². The van der Waals surface area contributed by atoms with Gasteiger partial charge in [-0.1, -0.05) is 27.7 Å². The number of carbonyl (C=O) groups excluding carboxylic acids is 1. The molecule has 3 N–H and O–H groups in total. The van der Waals surface area contributed by atoms with Crippen molar-refractivity contribution >= 4 is 33.3 Å². The number of nitrogens with zero attached hydrogens (tertiary/aromatic N) is 2. The Morgan fingerprint density at radius 3 is 2.65 bits per heavy atom. The summed E-state index contributed by atoms with van der Waals surface area (Å²) in [4.78, 5) is 21.8. The summed E-state index contributed by atoms with van der Waals surface area (Å²) >= 11 is 1.28. The molecule has 2 aromatic rings. The van der Waals surface area contributed by atoms with Crippen LogP contribution in [0.15, 0.2) is 12.4 Å². The lowest BCUT2D eigenvalue weighted by atomic mass is 9.82. The number of thiophene rings is 1. The topological polar surface area (TPSA) is 80.9 Å². The molecule has 20 heavy (non-hydrogen) atoms. The van der Waals surface area contributed by atoms with E-state index in [2.05, 4.69) is 43.0 Å². The fraction of sp³-hybridized carbons (Fsp3) is 0.500. The van der Waals surface area contributed by atoms with Crippen molar-refractivity contribution in [3.63, 3.8) is 0 Å². The highest BCUT2D eigenvalue weighted by molar-refractivity contribution is 7.21. The molecule has 6 heteroatoms. The lowest BCUT2D eigenvalue weighted by molar-refractivity contribution is 0.0942. The molecule has 5 nitrogen and oxygen atoms in total. The van der Waals surface area contributed by atoms with Gasteiger partial charge in [0.1, 0.15) is 15.2 Å². The van der Waals surface area contributed by atoms with E-state index in [4.69, 9.17) is 5.73 Å². The van der Waals surface area contributed by atoms with Crippen molar-refractivity contribution in [3.05, 3.63) is 17.3 Å². The fourth-order valence-corrected chi connectivity index (χ4v) is 2.58. The van der Waals surface area contributed by atoms with Gasteiger partial charge in [-0.2, -0.15) is 0 Å². The molecule has 1 amide bonds. The molecular formula is C14H20N4OS. The van der Waals surface area contributed by atoms with Gasteiger partial charge in [0, 0.05) is 18.9 Å². The highest BCUT2D eigenvalue weighted by Gasteiger charge is 2.22. The summed E-state index contributed by atoms with van der Waals surface area (Å²) in [5.41, 5.74) is 7.15. The van der Waals surface area contributed by atoms with E-state index in [9.17, 15) is 4.79 Å². The Morgan fingerprint density at radius 2 is 2.05 bits per heavy atom. The number of nitrogens with two attached hydrogens (primary N) is 1. The minimum atomic E-state index is -0.150. The van der Waals surface area contributed by atoms with E-state index < -0.39 is 0 Å². The molecule has 0 spiro atoms. The van der Waals surface area contributed by atoms with Crippen LogP contribution < -0.4 is 11.1 Å². The smallest absolute Gasteiger partial charge is 0.263 e. The maximum atomic E-state index is 12.2. The standard InChI is InChI=1S/C14H20N4OS/c1-8(14(2,3)4)7-18-12(19)11-9(15)10-13(20-11)17-6-5-16-10/h5-6,8H,7,15H2,1-4H3,(H,18,19). The molecular weight excluding hydrogens is 272 g/mol. The quantitative estimate of drug-likeness (QED) is 0.911. The highest BCUT2D eigenvalue weighted by Crippen LogP contribution is 2.30. The normalized spacial score (nSPS) is 13.4. The van der Waals surface area contributed by atoms with Gasteiger partial charge in [-0.15, -0.1) is 11.3 Å². The van der Waals surface area contributed by atoms with Crippen LogP contribution in [0.3, 0.4) is 0 Å². The molecule has 0 aliphatic carbocycles. The van der Waals surface area contributed by atoms with Crippen LogP contribution in [0.25, 0.3) is 10.3 Å². The van der Waals surface area contributed by atoms with E-state index in [1.807, 2.05) is 0 Å². The third-order valence-corrected chi connectivity index (χ3v) is 4.72. The summed E-state index contributed by atoms with van der Waals surface area (Å²) in [6, 6.07) is 0. The van der Waals surface area contributed by atoms with E-state index in [1.165, 1.54) is 11.3 Å². The highest BCUT2D eigenvalue weighted by atomic mass is 32.1. The molecule has 0 saturated carbocycles. The van der Waals surface area contributed by atoms with Crippen molar-refractivity contribution in [2.24, 2.45) is 11.3 Å². The zero-order chi connectivity index (χ0) is 14.9. The summed E-state index contributed by atoms with van der Waals surface area (Å²) < 4.78 is 0. The van der Waals surface area contributed by atoms with Crippen molar-refractivity contribution in [3.8, 4) is 0 Å². The van der Waals surface area contributed by atoms with Gasteiger partial charge >= 0.3 is 0 Å². The van der Waals surface area contributed by atoms with E-state index in [-0.39, 0.29) is 11.3 Å². The Balaban J connectivity index is 2.14. The maximum absolute atomic E-state index is 12.2. The largest absolute Gasteiger partial charge is 0.396 e. The predicted molar refractivity (Wildman–Crippen MR) is 82.8 cm³/mol. The zero-order valence-corrected chi connectivity index (χ0v) is 13.0. The van der Waals surface area contributed by atoms with E-state index in [0.29, 0.717) is 33.4 Å². The number of nitrogen functional groups attached to an aromatic ring is 1. The molecule has 1 atom stereocenters. The second kappa shape index (κ2) is 5.36.